The summed E-state index contributed by atoms with van der Waals surface area (Å²) in [5, 5.41) is 10.6. The lowest BCUT2D eigenvalue weighted by atomic mass is 10.0. The van der Waals surface area contributed by atoms with Crippen LogP contribution >= 0.6 is 0 Å². The number of amides is 2. The van der Waals surface area contributed by atoms with Gasteiger partial charge in [-0.25, -0.2) is 8.42 Å². The number of sulfone groups is 1. The number of hydrogen-bond acceptors (Lipinski definition) is 6. The maximum absolute atomic E-state index is 13.8. The van der Waals surface area contributed by atoms with Crippen molar-refractivity contribution in [3.63, 3.8) is 0 Å². The van der Waals surface area contributed by atoms with Gasteiger partial charge in [-0.15, -0.1) is 0 Å². The molecule has 0 bridgehead atoms. The summed E-state index contributed by atoms with van der Waals surface area (Å²) in [4.78, 5) is 31.3. The summed E-state index contributed by atoms with van der Waals surface area (Å²) in [6, 6.07) is 8.99. The van der Waals surface area contributed by atoms with Gasteiger partial charge < -0.3 is 10.2 Å². The molecule has 2 aromatic rings. The number of aromatic nitrogens is 1. The van der Waals surface area contributed by atoms with Crippen molar-refractivity contribution >= 4 is 21.7 Å². The van der Waals surface area contributed by atoms with Gasteiger partial charge in [-0.05, 0) is 80.8 Å². The summed E-state index contributed by atoms with van der Waals surface area (Å²) in [6.45, 7) is 2.92. The maximum Gasteiger partial charge on any atom is 0.403 e. The molecule has 2 aliphatic carbocycles. The minimum atomic E-state index is -4.82. The lowest BCUT2D eigenvalue weighted by molar-refractivity contribution is -0.199. The zero-order valence-corrected chi connectivity index (χ0v) is 22.2. The quantitative estimate of drug-likeness (QED) is 0.576. The Balaban J connectivity index is 1.46. The molecule has 3 aliphatic rings. The van der Waals surface area contributed by atoms with Crippen molar-refractivity contribution in [3.8, 4) is 17.2 Å². The highest BCUT2D eigenvalue weighted by Crippen LogP contribution is 2.59. The predicted molar refractivity (Wildman–Crippen MR) is 134 cm³/mol. The number of nitriles is 1. The Morgan fingerprint density at radius 3 is 2.31 bits per heavy atom. The van der Waals surface area contributed by atoms with Crippen molar-refractivity contribution in [1.29, 1.82) is 5.26 Å². The zero-order valence-electron chi connectivity index (χ0n) is 21.4. The van der Waals surface area contributed by atoms with Crippen LogP contribution in [0.5, 0.6) is 0 Å². The first-order valence-electron chi connectivity index (χ1n) is 12.6. The number of halogens is 3. The number of aryl methyl sites for hydroxylation is 2. The van der Waals surface area contributed by atoms with Crippen molar-refractivity contribution < 1.29 is 31.2 Å². The standard InChI is InChI=1S/C27H27F3N4O4S/c1-16-11-18(19-5-10-32-17(2)12-19)3-4-22(16)39(37,38)20-13-21(23(35)33-25(15-31)6-7-25)34(14-20)24(36)26(8-9-26)27(28,29)30/h3-5,10-12,20-21H,6-9,13-14H2,1-2H3,(H,33,35)/t20-,21+/m1/s1. The smallest absolute Gasteiger partial charge is 0.336 e. The highest BCUT2D eigenvalue weighted by Gasteiger charge is 2.70. The van der Waals surface area contributed by atoms with E-state index in [4.69, 9.17) is 0 Å². The van der Waals surface area contributed by atoms with Crippen LogP contribution < -0.4 is 5.32 Å². The van der Waals surface area contributed by atoms with Gasteiger partial charge in [0.05, 0.1) is 16.2 Å². The molecule has 0 unspecified atom stereocenters. The largest absolute Gasteiger partial charge is 0.403 e. The monoisotopic (exact) mass is 560 g/mol. The van der Waals surface area contributed by atoms with Crippen LogP contribution in [0.1, 0.15) is 43.4 Å². The average molecular weight is 561 g/mol. The normalized spacial score (nSPS) is 23.1. The molecule has 1 aromatic heterocycles. The van der Waals surface area contributed by atoms with Gasteiger partial charge >= 0.3 is 6.18 Å². The van der Waals surface area contributed by atoms with Crippen LogP contribution in [0.3, 0.4) is 0 Å². The zero-order chi connectivity index (χ0) is 28.4. The van der Waals surface area contributed by atoms with E-state index >= 15 is 0 Å². The van der Waals surface area contributed by atoms with Crippen molar-refractivity contribution in [3.05, 3.63) is 47.8 Å². The van der Waals surface area contributed by atoms with E-state index in [9.17, 15) is 36.4 Å². The van der Waals surface area contributed by atoms with Gasteiger partial charge in [0.1, 0.15) is 17.0 Å². The van der Waals surface area contributed by atoms with Crippen LogP contribution in [0.15, 0.2) is 41.4 Å². The molecule has 1 aliphatic heterocycles. The molecule has 2 saturated carbocycles. The number of rotatable bonds is 6. The molecule has 2 amide bonds. The Hall–Kier alpha value is -3.46. The fourth-order valence-corrected chi connectivity index (χ4v) is 7.19. The van der Waals surface area contributed by atoms with E-state index in [2.05, 4.69) is 10.3 Å². The first-order chi connectivity index (χ1) is 18.2. The lowest BCUT2D eigenvalue weighted by Crippen LogP contribution is -2.53. The Kier molecular flexibility index (Phi) is 6.29. The van der Waals surface area contributed by atoms with Crippen LogP contribution in [0.25, 0.3) is 11.1 Å². The molecule has 206 valence electrons. The lowest BCUT2D eigenvalue weighted by Gasteiger charge is -2.29. The summed E-state index contributed by atoms with van der Waals surface area (Å²) in [6.07, 6.45) is -3.58. The van der Waals surface area contributed by atoms with Crippen LogP contribution in [-0.2, 0) is 19.4 Å². The van der Waals surface area contributed by atoms with Crippen molar-refractivity contribution in [2.24, 2.45) is 5.41 Å². The fourth-order valence-electron chi connectivity index (χ4n) is 5.28. The maximum atomic E-state index is 13.8. The number of pyridine rings is 1. The number of alkyl halides is 3. The van der Waals surface area contributed by atoms with E-state index in [0.717, 1.165) is 21.7 Å². The number of benzene rings is 1. The van der Waals surface area contributed by atoms with Gasteiger partial charge in [0, 0.05) is 18.4 Å². The number of nitrogens with one attached hydrogen (secondary N) is 1. The summed E-state index contributed by atoms with van der Waals surface area (Å²) in [5.74, 6) is -2.09. The SMILES string of the molecule is Cc1cc(-c2ccc(S(=O)(=O)[C@@H]3C[C@@H](C(=O)NC4(C#N)CC4)N(C(=O)C4(C(F)(F)F)CC4)C3)c(C)c2)ccn1. The Morgan fingerprint density at radius 2 is 1.77 bits per heavy atom. The molecule has 0 radical (unpaired) electrons. The second-order valence-electron chi connectivity index (χ2n) is 10.8. The van der Waals surface area contributed by atoms with E-state index in [1.54, 1.807) is 31.3 Å². The number of nitrogens with zero attached hydrogens (tertiary/aromatic N) is 3. The number of hydrogen-bond donors (Lipinski definition) is 1. The first-order valence-corrected chi connectivity index (χ1v) is 14.2. The molecule has 8 nitrogen and oxygen atoms in total. The molecule has 1 aromatic carbocycles. The Labute approximate surface area is 224 Å². The van der Waals surface area contributed by atoms with Crippen LogP contribution in [0.4, 0.5) is 13.2 Å². The highest BCUT2D eigenvalue weighted by atomic mass is 32.2. The molecule has 2 heterocycles. The van der Waals surface area contributed by atoms with Gasteiger partial charge in [-0.3, -0.25) is 14.6 Å². The van der Waals surface area contributed by atoms with Crippen LogP contribution in [0, 0.1) is 30.6 Å². The summed E-state index contributed by atoms with van der Waals surface area (Å²) >= 11 is 0. The third kappa shape index (κ3) is 4.67. The Morgan fingerprint density at radius 1 is 1.10 bits per heavy atom. The van der Waals surface area contributed by atoms with Crippen molar-refractivity contribution in [2.75, 3.05) is 6.54 Å². The molecule has 12 heteroatoms. The molecule has 2 atom stereocenters. The molecule has 3 fully saturated rings. The predicted octanol–water partition coefficient (Wildman–Crippen LogP) is 3.62. The molecule has 39 heavy (non-hydrogen) atoms. The van der Waals surface area contributed by atoms with Gasteiger partial charge in [0.25, 0.3) is 0 Å². The van der Waals surface area contributed by atoms with Crippen molar-refractivity contribution in [1.82, 2.24) is 15.2 Å². The fraction of sp³-hybridized carbons (Fsp3) is 0.481. The molecule has 5 rings (SSSR count). The van der Waals surface area contributed by atoms with E-state index in [1.807, 2.05) is 19.1 Å². The molecule has 0 spiro atoms. The van der Waals surface area contributed by atoms with Crippen LogP contribution in [-0.4, -0.2) is 59.7 Å². The van der Waals surface area contributed by atoms with Gasteiger partial charge in [-0.1, -0.05) is 12.1 Å². The highest BCUT2D eigenvalue weighted by molar-refractivity contribution is 7.92. The summed E-state index contributed by atoms with van der Waals surface area (Å²) < 4.78 is 68.9. The number of likely N-dealkylation sites (tertiary alicyclic amines) is 1. The minimum Gasteiger partial charge on any atom is -0.336 e. The van der Waals surface area contributed by atoms with E-state index < -0.39 is 69.5 Å². The van der Waals surface area contributed by atoms with E-state index in [-0.39, 0.29) is 11.3 Å². The second kappa shape index (κ2) is 9.05. The van der Waals surface area contributed by atoms with E-state index in [1.165, 1.54) is 6.07 Å². The second-order valence-corrected chi connectivity index (χ2v) is 13.0. The summed E-state index contributed by atoms with van der Waals surface area (Å²) in [7, 11) is -4.14. The third-order valence-corrected chi connectivity index (χ3v) is 10.3. The molecular weight excluding hydrogens is 533 g/mol. The minimum absolute atomic E-state index is 0.0110. The average Bonchev–Trinajstić information content (AvgIpc) is 3.79. The van der Waals surface area contributed by atoms with E-state index in [0.29, 0.717) is 18.4 Å². The number of carbonyl (C=O) groups excluding carboxylic acids is 2. The third-order valence-electron chi connectivity index (χ3n) is 8.01. The van der Waals surface area contributed by atoms with Crippen molar-refractivity contribution in [2.45, 2.75) is 73.9 Å². The van der Waals surface area contributed by atoms with Crippen LogP contribution in [0.2, 0.25) is 0 Å². The first kappa shape index (κ1) is 27.1. The summed E-state index contributed by atoms with van der Waals surface area (Å²) in [5.41, 5.74) is -0.887. The number of carbonyl (C=O) groups is 2. The molecule has 1 saturated heterocycles. The van der Waals surface area contributed by atoms with Gasteiger partial charge in [-0.2, -0.15) is 18.4 Å². The molecule has 1 N–H and O–H groups in total. The van der Waals surface area contributed by atoms with Gasteiger partial charge in [0.2, 0.25) is 11.8 Å². The van der Waals surface area contributed by atoms with Gasteiger partial charge in [0.15, 0.2) is 9.84 Å². The topological polar surface area (TPSA) is 120 Å². The molecular formula is C27H27F3N4O4S. The Bertz CT molecular complexity index is 1510.